The van der Waals surface area contributed by atoms with Crippen LogP contribution in [-0.4, -0.2) is 20.4 Å². The largest absolute Gasteiger partial charge is 0.350 e. The lowest BCUT2D eigenvalue weighted by molar-refractivity contribution is -0.127. The van der Waals surface area contributed by atoms with Crippen molar-refractivity contribution in [3.05, 3.63) is 84.9 Å². The van der Waals surface area contributed by atoms with Gasteiger partial charge in [0.15, 0.2) is 0 Å². The molecule has 0 unspecified atom stereocenters. The van der Waals surface area contributed by atoms with Crippen molar-refractivity contribution in [1.29, 1.82) is 0 Å². The predicted octanol–water partition coefficient (Wildman–Crippen LogP) is 6.78. The number of unbranched alkanes of at least 4 members (excludes halogenated alkanes) is 1. The van der Waals surface area contributed by atoms with E-state index in [1.165, 1.54) is 48.6 Å². The van der Waals surface area contributed by atoms with Crippen LogP contribution in [0.1, 0.15) is 57.1 Å². The summed E-state index contributed by atoms with van der Waals surface area (Å²) in [5, 5.41) is 4.38. The van der Waals surface area contributed by atoms with Crippen molar-refractivity contribution in [2.75, 3.05) is 0 Å². The molecule has 5 rings (SSSR count). The van der Waals surface area contributed by atoms with Crippen LogP contribution in [0.25, 0.3) is 22.2 Å². The highest BCUT2D eigenvalue weighted by Crippen LogP contribution is 2.34. The third-order valence-electron chi connectivity index (χ3n) is 7.61. The van der Waals surface area contributed by atoms with Gasteiger partial charge in [0.2, 0.25) is 5.91 Å². The van der Waals surface area contributed by atoms with E-state index in [0.29, 0.717) is 12.5 Å². The van der Waals surface area contributed by atoms with Gasteiger partial charge in [0.1, 0.15) is 5.65 Å². The molecule has 5 heteroatoms. The van der Waals surface area contributed by atoms with Gasteiger partial charge in [-0.3, -0.25) is 9.78 Å². The molecule has 36 heavy (non-hydrogen) atoms. The number of carbonyl (C=O) groups excluding carboxylic acids is 1. The predicted molar refractivity (Wildman–Crippen MR) is 145 cm³/mol. The van der Waals surface area contributed by atoms with E-state index in [9.17, 15) is 4.79 Å². The minimum atomic E-state index is 0.0911. The van der Waals surface area contributed by atoms with E-state index < -0.39 is 0 Å². The highest BCUT2D eigenvalue weighted by molar-refractivity contribution is 5.94. The normalized spacial score (nSPS) is 15.1. The smallest absolute Gasteiger partial charge is 0.223 e. The molecule has 1 N–H and O–H groups in total. The van der Waals surface area contributed by atoms with Gasteiger partial charge < -0.3 is 9.88 Å². The van der Waals surface area contributed by atoms with Crippen molar-refractivity contribution < 1.29 is 4.79 Å². The number of nitrogens with zero attached hydrogens (tertiary/aromatic N) is 3. The summed E-state index contributed by atoms with van der Waals surface area (Å²) in [4.78, 5) is 22.3. The average molecular weight is 481 g/mol. The van der Waals surface area contributed by atoms with E-state index in [4.69, 9.17) is 0 Å². The molecule has 3 heterocycles. The van der Waals surface area contributed by atoms with Crippen LogP contribution in [0.2, 0.25) is 0 Å². The van der Waals surface area contributed by atoms with Gasteiger partial charge in [-0.25, -0.2) is 4.98 Å². The Balaban J connectivity index is 1.23. The number of rotatable bonds is 10. The van der Waals surface area contributed by atoms with Crippen molar-refractivity contribution in [2.24, 2.45) is 11.8 Å². The summed E-state index contributed by atoms with van der Waals surface area (Å²) in [7, 11) is 0. The Morgan fingerprint density at radius 2 is 1.72 bits per heavy atom. The molecule has 5 nitrogen and oxygen atoms in total. The molecular weight excluding hydrogens is 444 g/mol. The standard InChI is InChI=1S/C31H36N4O/c36-31(34-22-26-16-7-9-19-32-26)27(24-12-3-1-4-13-24)17-8-10-21-35-23-29(25-14-5-2-6-15-25)28-18-11-20-33-30(28)35/h2,5-7,9,11,14-16,18-20,23-24,27H,1,3-4,8,10,12-13,17,21-22H2,(H,34,36)/t27-/m0/s1. The number of amides is 1. The second kappa shape index (κ2) is 12.0. The van der Waals surface area contributed by atoms with E-state index in [-0.39, 0.29) is 11.8 Å². The van der Waals surface area contributed by atoms with Crippen LogP contribution >= 0.6 is 0 Å². The minimum absolute atomic E-state index is 0.0911. The molecular formula is C31H36N4O. The van der Waals surface area contributed by atoms with Crippen LogP contribution in [-0.2, 0) is 17.9 Å². The minimum Gasteiger partial charge on any atom is -0.350 e. The van der Waals surface area contributed by atoms with Crippen molar-refractivity contribution in [3.63, 3.8) is 0 Å². The van der Waals surface area contributed by atoms with Gasteiger partial charge in [0.25, 0.3) is 0 Å². The molecule has 1 amide bonds. The monoisotopic (exact) mass is 480 g/mol. The van der Waals surface area contributed by atoms with Gasteiger partial charge in [-0.2, -0.15) is 0 Å². The van der Waals surface area contributed by atoms with Gasteiger partial charge >= 0.3 is 0 Å². The summed E-state index contributed by atoms with van der Waals surface area (Å²) in [5.74, 6) is 0.793. The number of aryl methyl sites for hydroxylation is 1. The van der Waals surface area contributed by atoms with E-state index >= 15 is 0 Å². The zero-order chi connectivity index (χ0) is 24.6. The fraction of sp³-hybridized carbons (Fsp3) is 0.387. The Kier molecular flexibility index (Phi) is 8.06. The van der Waals surface area contributed by atoms with Crippen LogP contribution in [0.15, 0.2) is 79.3 Å². The summed E-state index contributed by atoms with van der Waals surface area (Å²) in [5.41, 5.74) is 4.40. The molecule has 1 aliphatic carbocycles. The number of nitrogens with one attached hydrogen (secondary N) is 1. The lowest BCUT2D eigenvalue weighted by Crippen LogP contribution is -2.35. The molecule has 3 aromatic heterocycles. The Bertz CT molecular complexity index is 1250. The van der Waals surface area contributed by atoms with E-state index in [1.807, 2.05) is 30.5 Å². The number of benzene rings is 1. The summed E-state index contributed by atoms with van der Waals surface area (Å²) in [6.07, 6.45) is 15.1. The SMILES string of the molecule is O=C(NCc1ccccn1)[C@@H](CCCCn1cc(-c2ccccc2)c2cccnc21)C1CCCCC1. The third-order valence-corrected chi connectivity index (χ3v) is 7.61. The maximum atomic E-state index is 13.3. The zero-order valence-electron chi connectivity index (χ0n) is 21.0. The zero-order valence-corrected chi connectivity index (χ0v) is 21.0. The average Bonchev–Trinajstić information content (AvgIpc) is 3.32. The van der Waals surface area contributed by atoms with E-state index in [1.54, 1.807) is 6.20 Å². The maximum Gasteiger partial charge on any atom is 0.223 e. The number of aromatic nitrogens is 3. The van der Waals surface area contributed by atoms with Crippen molar-refractivity contribution in [3.8, 4) is 11.1 Å². The Morgan fingerprint density at radius 3 is 2.53 bits per heavy atom. The fourth-order valence-electron chi connectivity index (χ4n) is 5.72. The fourth-order valence-corrected chi connectivity index (χ4v) is 5.72. The van der Waals surface area contributed by atoms with Crippen LogP contribution in [0.3, 0.4) is 0 Å². The Morgan fingerprint density at radius 1 is 0.917 bits per heavy atom. The molecule has 0 spiro atoms. The first-order valence-electron chi connectivity index (χ1n) is 13.5. The number of pyridine rings is 2. The van der Waals surface area contributed by atoms with Crippen molar-refractivity contribution >= 4 is 16.9 Å². The van der Waals surface area contributed by atoms with Gasteiger partial charge in [-0.05, 0) is 61.4 Å². The number of carbonyl (C=O) groups is 1. The Labute approximate surface area is 214 Å². The van der Waals surface area contributed by atoms with Gasteiger partial charge in [0, 0.05) is 42.0 Å². The number of hydrogen-bond donors (Lipinski definition) is 1. The van der Waals surface area contributed by atoms with Crippen molar-refractivity contribution in [2.45, 2.75) is 64.5 Å². The molecule has 0 saturated heterocycles. The molecule has 0 aliphatic heterocycles. The second-order valence-electron chi connectivity index (χ2n) is 10.0. The van der Waals surface area contributed by atoms with Gasteiger partial charge in [-0.1, -0.05) is 62.1 Å². The summed E-state index contributed by atoms with van der Waals surface area (Å²) in [6.45, 7) is 1.42. The first kappa shape index (κ1) is 24.2. The van der Waals surface area contributed by atoms with E-state index in [2.05, 4.69) is 62.4 Å². The molecule has 1 saturated carbocycles. The highest BCUT2D eigenvalue weighted by atomic mass is 16.1. The lowest BCUT2D eigenvalue weighted by Gasteiger charge is -2.29. The molecule has 0 bridgehead atoms. The second-order valence-corrected chi connectivity index (χ2v) is 10.0. The van der Waals surface area contributed by atoms with Gasteiger partial charge in [0.05, 0.1) is 12.2 Å². The van der Waals surface area contributed by atoms with Crippen molar-refractivity contribution in [1.82, 2.24) is 19.9 Å². The van der Waals surface area contributed by atoms with Crippen LogP contribution in [0.4, 0.5) is 0 Å². The molecule has 186 valence electrons. The topological polar surface area (TPSA) is 59.8 Å². The van der Waals surface area contributed by atoms with Crippen LogP contribution in [0, 0.1) is 11.8 Å². The quantitative estimate of drug-likeness (QED) is 0.255. The van der Waals surface area contributed by atoms with Crippen LogP contribution in [0.5, 0.6) is 0 Å². The number of fused-ring (bicyclic) bond motifs is 1. The molecule has 0 radical (unpaired) electrons. The lowest BCUT2D eigenvalue weighted by atomic mass is 9.77. The van der Waals surface area contributed by atoms with E-state index in [0.717, 1.165) is 37.1 Å². The molecule has 1 atom stereocenters. The first-order valence-corrected chi connectivity index (χ1v) is 13.5. The summed E-state index contributed by atoms with van der Waals surface area (Å²) >= 11 is 0. The third kappa shape index (κ3) is 5.84. The molecule has 1 aliphatic rings. The molecule has 4 aromatic rings. The summed E-state index contributed by atoms with van der Waals surface area (Å²) in [6, 6.07) is 20.5. The summed E-state index contributed by atoms with van der Waals surface area (Å²) < 4.78 is 2.29. The Hall–Kier alpha value is -3.47. The first-order chi connectivity index (χ1) is 17.8. The highest BCUT2D eigenvalue weighted by Gasteiger charge is 2.29. The molecule has 1 aromatic carbocycles. The maximum absolute atomic E-state index is 13.3. The number of hydrogen-bond acceptors (Lipinski definition) is 3. The van der Waals surface area contributed by atoms with Crippen LogP contribution < -0.4 is 5.32 Å². The van der Waals surface area contributed by atoms with Gasteiger partial charge in [-0.15, -0.1) is 0 Å². The molecule has 1 fully saturated rings.